The van der Waals surface area contributed by atoms with Gasteiger partial charge in [0.1, 0.15) is 0 Å². The van der Waals surface area contributed by atoms with E-state index in [0.29, 0.717) is 0 Å². The molecule has 0 radical (unpaired) electrons. The molecule has 4 rings (SSSR count). The van der Waals surface area contributed by atoms with Gasteiger partial charge in [-0.05, 0) is 65.0 Å². The Morgan fingerprint density at radius 2 is 1.68 bits per heavy atom. The normalized spacial score (nSPS) is 19.0. The number of rotatable bonds is 2. The molecule has 0 spiro atoms. The number of benzene rings is 2. The molecule has 2 aliphatic rings. The molecule has 2 aromatic carbocycles. The van der Waals surface area contributed by atoms with Crippen LogP contribution in [-0.2, 0) is 0 Å². The number of hydrogen-bond donors (Lipinski definition) is 0. The maximum Gasteiger partial charge on any atom is -0.00994 e. The molecule has 2 aliphatic carbocycles. The summed E-state index contributed by atoms with van der Waals surface area (Å²) >= 11 is 0. The van der Waals surface area contributed by atoms with Crippen molar-refractivity contribution in [3.8, 4) is 11.1 Å². The van der Waals surface area contributed by atoms with Crippen molar-refractivity contribution < 1.29 is 0 Å². The molecular formula is C22H22. The number of fused-ring (bicyclic) bond motifs is 1. The van der Waals surface area contributed by atoms with Gasteiger partial charge in [-0.25, -0.2) is 0 Å². The highest BCUT2D eigenvalue weighted by atomic mass is 14.2. The van der Waals surface area contributed by atoms with Crippen LogP contribution in [0.5, 0.6) is 0 Å². The van der Waals surface area contributed by atoms with Crippen molar-refractivity contribution in [3.05, 3.63) is 70.1 Å². The molecule has 0 nitrogen and oxygen atoms in total. The predicted molar refractivity (Wildman–Crippen MR) is 94.8 cm³/mol. The average molecular weight is 286 g/mol. The zero-order valence-corrected chi connectivity index (χ0v) is 13.2. The van der Waals surface area contributed by atoms with Crippen molar-refractivity contribution in [1.82, 2.24) is 0 Å². The summed E-state index contributed by atoms with van der Waals surface area (Å²) in [5.41, 5.74) is 5.38. The van der Waals surface area contributed by atoms with Crippen LogP contribution in [0, 0.1) is 12.8 Å². The summed E-state index contributed by atoms with van der Waals surface area (Å²) < 4.78 is 0. The lowest BCUT2D eigenvalue weighted by Gasteiger charge is -2.03. The minimum Gasteiger partial charge on any atom is -0.0741 e. The summed E-state index contributed by atoms with van der Waals surface area (Å²) in [5.74, 6) is 0.791. The van der Waals surface area contributed by atoms with Gasteiger partial charge in [-0.15, -0.1) is 0 Å². The SMILES string of the molecule is Cc1ccc(-c2cccc3c2=CC(=CC2CCCC2)C=3)cc1. The molecule has 0 bridgehead atoms. The Kier molecular flexibility index (Phi) is 3.46. The van der Waals surface area contributed by atoms with E-state index in [-0.39, 0.29) is 0 Å². The van der Waals surface area contributed by atoms with Crippen molar-refractivity contribution >= 4 is 12.2 Å². The van der Waals surface area contributed by atoms with Gasteiger partial charge >= 0.3 is 0 Å². The van der Waals surface area contributed by atoms with E-state index in [0.717, 1.165) is 5.92 Å². The molecule has 0 saturated heterocycles. The highest BCUT2D eigenvalue weighted by Crippen LogP contribution is 2.27. The average Bonchev–Trinajstić information content (AvgIpc) is 3.17. The molecule has 110 valence electrons. The smallest absolute Gasteiger partial charge is 0.00994 e. The Balaban J connectivity index is 1.79. The van der Waals surface area contributed by atoms with Gasteiger partial charge in [0.15, 0.2) is 0 Å². The van der Waals surface area contributed by atoms with Gasteiger partial charge < -0.3 is 0 Å². The van der Waals surface area contributed by atoms with Crippen LogP contribution in [0.3, 0.4) is 0 Å². The summed E-state index contributed by atoms with van der Waals surface area (Å²) in [5, 5.41) is 2.75. The van der Waals surface area contributed by atoms with Crippen molar-refractivity contribution in [1.29, 1.82) is 0 Å². The van der Waals surface area contributed by atoms with E-state index in [1.165, 1.54) is 58.4 Å². The van der Waals surface area contributed by atoms with E-state index in [2.05, 4.69) is 67.6 Å². The van der Waals surface area contributed by atoms with Crippen LogP contribution in [0.25, 0.3) is 23.3 Å². The van der Waals surface area contributed by atoms with Gasteiger partial charge in [-0.3, -0.25) is 0 Å². The maximum absolute atomic E-state index is 2.49. The highest BCUT2D eigenvalue weighted by Gasteiger charge is 2.13. The zero-order chi connectivity index (χ0) is 14.9. The first kappa shape index (κ1) is 13.6. The third-order valence-corrected chi connectivity index (χ3v) is 4.96. The molecule has 1 saturated carbocycles. The fraction of sp³-hybridized carbons (Fsp3) is 0.273. The third kappa shape index (κ3) is 2.54. The second-order valence-electron chi connectivity index (χ2n) is 6.67. The summed E-state index contributed by atoms with van der Waals surface area (Å²) in [4.78, 5) is 0. The van der Waals surface area contributed by atoms with Gasteiger partial charge in [-0.1, -0.05) is 66.9 Å². The number of allylic oxidation sites excluding steroid dienone is 2. The number of hydrogen-bond acceptors (Lipinski definition) is 0. The molecule has 0 atom stereocenters. The van der Waals surface area contributed by atoms with Crippen molar-refractivity contribution in [2.75, 3.05) is 0 Å². The summed E-state index contributed by atoms with van der Waals surface area (Å²) in [6.07, 6.45) is 12.8. The topological polar surface area (TPSA) is 0 Å². The van der Waals surface area contributed by atoms with Crippen LogP contribution in [0.2, 0.25) is 0 Å². The van der Waals surface area contributed by atoms with E-state index < -0.39 is 0 Å². The van der Waals surface area contributed by atoms with Gasteiger partial charge in [-0.2, -0.15) is 0 Å². The van der Waals surface area contributed by atoms with Crippen LogP contribution in [0.1, 0.15) is 31.2 Å². The predicted octanol–water partition coefficient (Wildman–Crippen LogP) is 4.35. The Hall–Kier alpha value is -2.08. The third-order valence-electron chi connectivity index (χ3n) is 4.96. The molecule has 2 aromatic rings. The lowest BCUT2D eigenvalue weighted by atomic mass is 10.0. The van der Waals surface area contributed by atoms with Crippen LogP contribution in [-0.4, -0.2) is 0 Å². The molecule has 0 aliphatic heterocycles. The summed E-state index contributed by atoms with van der Waals surface area (Å²) in [6.45, 7) is 2.14. The number of aryl methyl sites for hydroxylation is 1. The van der Waals surface area contributed by atoms with Crippen LogP contribution in [0.4, 0.5) is 0 Å². The lowest BCUT2D eigenvalue weighted by molar-refractivity contribution is 0.685. The fourth-order valence-corrected chi connectivity index (χ4v) is 3.74. The van der Waals surface area contributed by atoms with Gasteiger partial charge in [0, 0.05) is 0 Å². The highest BCUT2D eigenvalue weighted by molar-refractivity contribution is 5.77. The maximum atomic E-state index is 2.49. The Morgan fingerprint density at radius 3 is 2.45 bits per heavy atom. The molecule has 0 heteroatoms. The van der Waals surface area contributed by atoms with Crippen LogP contribution in [0.15, 0.2) is 54.1 Å². The first-order valence-corrected chi connectivity index (χ1v) is 8.41. The van der Waals surface area contributed by atoms with Gasteiger partial charge in [0.2, 0.25) is 0 Å². The largest absolute Gasteiger partial charge is 0.0741 e. The minimum atomic E-state index is 0.791. The van der Waals surface area contributed by atoms with E-state index in [9.17, 15) is 0 Å². The van der Waals surface area contributed by atoms with Crippen LogP contribution >= 0.6 is 0 Å². The summed E-state index contributed by atoms with van der Waals surface area (Å²) in [7, 11) is 0. The molecule has 0 heterocycles. The van der Waals surface area contributed by atoms with Gasteiger partial charge in [0.25, 0.3) is 0 Å². The van der Waals surface area contributed by atoms with Crippen LogP contribution < -0.4 is 10.4 Å². The van der Waals surface area contributed by atoms with Gasteiger partial charge in [0.05, 0.1) is 0 Å². The molecule has 1 fully saturated rings. The van der Waals surface area contributed by atoms with E-state index >= 15 is 0 Å². The minimum absolute atomic E-state index is 0.791. The molecule has 0 N–H and O–H groups in total. The van der Waals surface area contributed by atoms with E-state index in [1.54, 1.807) is 0 Å². The Bertz CT molecular complexity index is 829. The van der Waals surface area contributed by atoms with E-state index in [4.69, 9.17) is 0 Å². The Labute approximate surface area is 132 Å². The fourth-order valence-electron chi connectivity index (χ4n) is 3.74. The standard InChI is InChI=1S/C22H22/c1-16-9-11-19(12-10-16)21-8-4-7-20-14-18(15-22(20)21)13-17-5-2-3-6-17/h4,7-15,17H,2-3,5-6H2,1H3. The molecule has 22 heavy (non-hydrogen) atoms. The monoisotopic (exact) mass is 286 g/mol. The molecule has 0 aromatic heterocycles. The molecule has 0 amide bonds. The lowest BCUT2D eigenvalue weighted by Crippen LogP contribution is -2.22. The van der Waals surface area contributed by atoms with Crippen molar-refractivity contribution in [2.45, 2.75) is 32.6 Å². The first-order valence-electron chi connectivity index (χ1n) is 8.41. The molecule has 0 unspecified atom stereocenters. The first-order chi connectivity index (χ1) is 10.8. The second-order valence-corrected chi connectivity index (χ2v) is 6.67. The van der Waals surface area contributed by atoms with E-state index in [1.807, 2.05) is 0 Å². The quantitative estimate of drug-likeness (QED) is 0.770. The Morgan fingerprint density at radius 1 is 0.909 bits per heavy atom. The van der Waals surface area contributed by atoms with Crippen molar-refractivity contribution in [2.24, 2.45) is 5.92 Å². The second kappa shape index (κ2) is 5.61. The zero-order valence-electron chi connectivity index (χ0n) is 13.2. The molecular weight excluding hydrogens is 264 g/mol. The van der Waals surface area contributed by atoms with Crippen molar-refractivity contribution in [3.63, 3.8) is 0 Å². The summed E-state index contributed by atoms with van der Waals surface area (Å²) in [6, 6.07) is 15.5.